The van der Waals surface area contributed by atoms with Crippen molar-refractivity contribution >= 4 is 11.6 Å². The third-order valence-electron chi connectivity index (χ3n) is 3.26. The molecule has 3 atom stereocenters. The molecule has 0 radical (unpaired) electrons. The molecule has 0 amide bonds. The molecule has 4 heteroatoms. The first kappa shape index (κ1) is 13.1. The SMILES string of the molecule is CC(C)C(Cl)C1CCCC(C(F)(F)F)C1. The molecule has 0 aromatic heterocycles. The second-order valence-corrected chi connectivity index (χ2v) is 5.36. The predicted molar refractivity (Wildman–Crippen MR) is 56.0 cm³/mol. The summed E-state index contributed by atoms with van der Waals surface area (Å²) in [6.45, 7) is 3.93. The van der Waals surface area contributed by atoms with Gasteiger partial charge in [0.2, 0.25) is 0 Å². The van der Waals surface area contributed by atoms with Crippen molar-refractivity contribution in [2.75, 3.05) is 0 Å². The highest BCUT2D eigenvalue weighted by atomic mass is 35.5. The van der Waals surface area contributed by atoms with E-state index in [2.05, 4.69) is 0 Å². The molecule has 0 aromatic carbocycles. The molecular weight excluding hydrogens is 225 g/mol. The first-order valence-electron chi connectivity index (χ1n) is 5.53. The van der Waals surface area contributed by atoms with E-state index < -0.39 is 12.1 Å². The summed E-state index contributed by atoms with van der Waals surface area (Å²) in [6, 6.07) is 0. The minimum absolute atomic E-state index is 0.0343. The first-order valence-corrected chi connectivity index (χ1v) is 5.96. The third-order valence-corrected chi connectivity index (χ3v) is 4.13. The van der Waals surface area contributed by atoms with E-state index in [1.807, 2.05) is 13.8 Å². The van der Waals surface area contributed by atoms with E-state index >= 15 is 0 Å². The van der Waals surface area contributed by atoms with E-state index in [1.165, 1.54) is 0 Å². The van der Waals surface area contributed by atoms with Gasteiger partial charge in [-0.15, -0.1) is 11.6 Å². The Morgan fingerprint density at radius 1 is 1.20 bits per heavy atom. The maximum absolute atomic E-state index is 12.5. The van der Waals surface area contributed by atoms with Crippen LogP contribution in [0, 0.1) is 17.8 Å². The summed E-state index contributed by atoms with van der Waals surface area (Å²) in [7, 11) is 0. The van der Waals surface area contributed by atoms with Gasteiger partial charge in [0.25, 0.3) is 0 Å². The topological polar surface area (TPSA) is 0 Å². The monoisotopic (exact) mass is 242 g/mol. The average Bonchev–Trinajstić information content (AvgIpc) is 2.15. The molecule has 0 spiro atoms. The smallest absolute Gasteiger partial charge is 0.171 e. The minimum atomic E-state index is -4.04. The lowest BCUT2D eigenvalue weighted by Gasteiger charge is -2.34. The molecule has 1 aliphatic rings. The molecule has 1 fully saturated rings. The van der Waals surface area contributed by atoms with Crippen molar-refractivity contribution in [1.29, 1.82) is 0 Å². The Bertz CT molecular complexity index is 200. The summed E-state index contributed by atoms with van der Waals surface area (Å²) in [5.41, 5.74) is 0. The summed E-state index contributed by atoms with van der Waals surface area (Å²) in [5, 5.41) is -0.116. The summed E-state index contributed by atoms with van der Waals surface area (Å²) in [6.07, 6.45) is -2.03. The van der Waals surface area contributed by atoms with E-state index in [0.29, 0.717) is 6.42 Å². The summed E-state index contributed by atoms with van der Waals surface area (Å²) >= 11 is 6.14. The largest absolute Gasteiger partial charge is 0.391 e. The van der Waals surface area contributed by atoms with Crippen LogP contribution in [0.15, 0.2) is 0 Å². The van der Waals surface area contributed by atoms with Crippen LogP contribution in [0.25, 0.3) is 0 Å². The van der Waals surface area contributed by atoms with Gasteiger partial charge in [-0.2, -0.15) is 13.2 Å². The third kappa shape index (κ3) is 3.54. The van der Waals surface area contributed by atoms with E-state index in [9.17, 15) is 13.2 Å². The Morgan fingerprint density at radius 3 is 2.27 bits per heavy atom. The molecule has 0 heterocycles. The Labute approximate surface area is 94.2 Å². The zero-order chi connectivity index (χ0) is 11.6. The fraction of sp³-hybridized carbons (Fsp3) is 1.00. The van der Waals surface area contributed by atoms with Gasteiger partial charge >= 0.3 is 6.18 Å². The van der Waals surface area contributed by atoms with Gasteiger partial charge in [-0.1, -0.05) is 20.3 Å². The Hall–Kier alpha value is 0.0800. The number of alkyl halides is 4. The van der Waals surface area contributed by atoms with Crippen LogP contribution in [-0.4, -0.2) is 11.6 Å². The molecule has 90 valence electrons. The quantitative estimate of drug-likeness (QED) is 0.620. The van der Waals surface area contributed by atoms with Gasteiger partial charge in [0, 0.05) is 5.38 Å². The lowest BCUT2D eigenvalue weighted by Crippen LogP contribution is -2.33. The number of rotatable bonds is 2. The van der Waals surface area contributed by atoms with Crippen molar-refractivity contribution in [3.8, 4) is 0 Å². The molecule has 0 nitrogen and oxygen atoms in total. The van der Waals surface area contributed by atoms with Gasteiger partial charge in [0.1, 0.15) is 0 Å². The van der Waals surface area contributed by atoms with E-state index in [-0.39, 0.29) is 30.1 Å². The highest BCUT2D eigenvalue weighted by Gasteiger charge is 2.43. The molecule has 0 saturated heterocycles. The van der Waals surface area contributed by atoms with Crippen LogP contribution in [-0.2, 0) is 0 Å². The van der Waals surface area contributed by atoms with Crippen molar-refractivity contribution in [3.05, 3.63) is 0 Å². The summed E-state index contributed by atoms with van der Waals surface area (Å²) in [5.74, 6) is -0.841. The Morgan fingerprint density at radius 2 is 1.80 bits per heavy atom. The molecule has 1 aliphatic carbocycles. The van der Waals surface area contributed by atoms with E-state index in [0.717, 1.165) is 6.42 Å². The molecule has 1 saturated carbocycles. The fourth-order valence-electron chi connectivity index (χ4n) is 2.36. The van der Waals surface area contributed by atoms with E-state index in [1.54, 1.807) is 0 Å². The van der Waals surface area contributed by atoms with Crippen molar-refractivity contribution in [1.82, 2.24) is 0 Å². The molecule has 0 N–H and O–H groups in total. The van der Waals surface area contributed by atoms with Gasteiger partial charge in [0.15, 0.2) is 0 Å². The van der Waals surface area contributed by atoms with Crippen molar-refractivity contribution < 1.29 is 13.2 Å². The Balaban J connectivity index is 2.56. The van der Waals surface area contributed by atoms with Crippen LogP contribution in [0.4, 0.5) is 13.2 Å². The second-order valence-electron chi connectivity index (χ2n) is 4.85. The van der Waals surface area contributed by atoms with Gasteiger partial charge in [-0.25, -0.2) is 0 Å². The molecule has 0 aliphatic heterocycles. The van der Waals surface area contributed by atoms with Crippen LogP contribution in [0.2, 0.25) is 0 Å². The molecular formula is C11H18ClF3. The van der Waals surface area contributed by atoms with Gasteiger partial charge < -0.3 is 0 Å². The highest BCUT2D eigenvalue weighted by molar-refractivity contribution is 6.20. The fourth-order valence-corrected chi connectivity index (χ4v) is 2.59. The zero-order valence-electron chi connectivity index (χ0n) is 9.15. The summed E-state index contributed by atoms with van der Waals surface area (Å²) in [4.78, 5) is 0. The van der Waals surface area contributed by atoms with Crippen LogP contribution in [0.1, 0.15) is 39.5 Å². The second kappa shape index (κ2) is 4.94. The molecule has 1 rings (SSSR count). The number of halogens is 4. The molecule has 15 heavy (non-hydrogen) atoms. The van der Waals surface area contributed by atoms with E-state index in [4.69, 9.17) is 11.6 Å². The molecule has 3 unspecified atom stereocenters. The van der Waals surface area contributed by atoms with Crippen LogP contribution in [0.5, 0.6) is 0 Å². The lowest BCUT2D eigenvalue weighted by atomic mass is 9.77. The highest BCUT2D eigenvalue weighted by Crippen LogP contribution is 2.42. The van der Waals surface area contributed by atoms with Gasteiger partial charge in [0.05, 0.1) is 5.92 Å². The van der Waals surface area contributed by atoms with Crippen molar-refractivity contribution in [3.63, 3.8) is 0 Å². The van der Waals surface area contributed by atoms with Crippen molar-refractivity contribution in [2.24, 2.45) is 17.8 Å². The van der Waals surface area contributed by atoms with Crippen LogP contribution in [0.3, 0.4) is 0 Å². The summed E-state index contributed by atoms with van der Waals surface area (Å²) < 4.78 is 37.6. The zero-order valence-corrected chi connectivity index (χ0v) is 9.91. The standard InChI is InChI=1S/C11H18ClF3/c1-7(2)10(12)8-4-3-5-9(6-8)11(13,14)15/h7-10H,3-6H2,1-2H3. The average molecular weight is 243 g/mol. The van der Waals surface area contributed by atoms with Crippen LogP contribution < -0.4 is 0 Å². The van der Waals surface area contributed by atoms with Gasteiger partial charge in [-0.3, -0.25) is 0 Å². The number of hydrogen-bond acceptors (Lipinski definition) is 0. The minimum Gasteiger partial charge on any atom is -0.171 e. The number of hydrogen-bond donors (Lipinski definition) is 0. The molecule has 0 aromatic rings. The van der Waals surface area contributed by atoms with Crippen molar-refractivity contribution in [2.45, 2.75) is 51.1 Å². The van der Waals surface area contributed by atoms with Gasteiger partial charge in [-0.05, 0) is 31.1 Å². The predicted octanol–water partition coefficient (Wildman–Crippen LogP) is 4.62. The first-order chi connectivity index (χ1) is 6.82. The molecule has 0 bridgehead atoms. The normalized spacial score (nSPS) is 30.6. The van der Waals surface area contributed by atoms with Crippen LogP contribution >= 0.6 is 11.6 Å². The maximum atomic E-state index is 12.5. The Kier molecular flexibility index (Phi) is 4.33. The lowest BCUT2D eigenvalue weighted by molar-refractivity contribution is -0.186. The maximum Gasteiger partial charge on any atom is 0.391 e.